The quantitative estimate of drug-likeness (QED) is 0.754. The molecule has 2 rings (SSSR count). The van der Waals surface area contributed by atoms with E-state index in [2.05, 4.69) is 39.5 Å². The summed E-state index contributed by atoms with van der Waals surface area (Å²) in [7, 11) is -3.80. The number of aromatic nitrogens is 1. The maximum absolute atomic E-state index is 12.3. The van der Waals surface area contributed by atoms with E-state index in [0.717, 1.165) is 19.5 Å². The summed E-state index contributed by atoms with van der Waals surface area (Å²) in [5.41, 5.74) is 5.63. The number of carbonyl (C=O) groups is 1. The molecule has 9 heteroatoms. The largest absolute Gasteiger partial charge is 0.383 e. The smallest absolute Gasteiger partial charge is 0.244 e. The number of anilines is 1. The van der Waals surface area contributed by atoms with Gasteiger partial charge in [0.25, 0.3) is 0 Å². The molecule has 1 amide bonds. The van der Waals surface area contributed by atoms with Crippen molar-refractivity contribution >= 4 is 37.7 Å². The lowest BCUT2D eigenvalue weighted by Gasteiger charge is -2.35. The van der Waals surface area contributed by atoms with Crippen LogP contribution in [0, 0.1) is 11.8 Å². The monoisotopic (exact) mass is 418 g/mol. The Morgan fingerprint density at radius 3 is 2.67 bits per heavy atom. The number of hydrogen-bond acceptors (Lipinski definition) is 5. The molecular formula is C15H23BrN4O3S. The number of nitrogens with one attached hydrogen (secondary N) is 1. The van der Waals surface area contributed by atoms with Crippen molar-refractivity contribution in [2.75, 3.05) is 25.4 Å². The molecule has 24 heavy (non-hydrogen) atoms. The van der Waals surface area contributed by atoms with Gasteiger partial charge in [-0.2, -0.15) is 0 Å². The Kier molecular flexibility index (Phi) is 6.22. The van der Waals surface area contributed by atoms with Crippen LogP contribution in [0.5, 0.6) is 0 Å². The SMILES string of the molecule is CC1CC(C)CN(C(=O)CCNS(=O)(=O)c2cc(Br)cnc2N)C1. The van der Waals surface area contributed by atoms with Crippen molar-refractivity contribution in [3.05, 3.63) is 16.7 Å². The van der Waals surface area contributed by atoms with Crippen molar-refractivity contribution < 1.29 is 13.2 Å². The number of halogens is 1. The van der Waals surface area contributed by atoms with E-state index in [1.54, 1.807) is 0 Å². The zero-order chi connectivity index (χ0) is 17.9. The summed E-state index contributed by atoms with van der Waals surface area (Å²) in [4.78, 5) is 17.8. The lowest BCUT2D eigenvalue weighted by Crippen LogP contribution is -2.43. The molecule has 134 valence electrons. The van der Waals surface area contributed by atoms with Crippen LogP contribution in [0.25, 0.3) is 0 Å². The molecular weight excluding hydrogens is 396 g/mol. The maximum Gasteiger partial charge on any atom is 0.244 e. The first-order valence-corrected chi connectivity index (χ1v) is 10.1. The molecule has 2 unspecified atom stereocenters. The van der Waals surface area contributed by atoms with Gasteiger partial charge in [0.15, 0.2) is 0 Å². The molecule has 0 radical (unpaired) electrons. The van der Waals surface area contributed by atoms with Gasteiger partial charge in [-0.15, -0.1) is 0 Å². The maximum atomic E-state index is 12.3. The molecule has 1 saturated heterocycles. The average molecular weight is 419 g/mol. The summed E-state index contributed by atoms with van der Waals surface area (Å²) in [6, 6.07) is 1.39. The van der Waals surface area contributed by atoms with Gasteiger partial charge in [-0.3, -0.25) is 4.79 Å². The van der Waals surface area contributed by atoms with Crippen LogP contribution in [0.4, 0.5) is 5.82 Å². The fraction of sp³-hybridized carbons (Fsp3) is 0.600. The van der Waals surface area contributed by atoms with Crippen LogP contribution in [0.15, 0.2) is 21.6 Å². The van der Waals surface area contributed by atoms with Crippen LogP contribution in [0.1, 0.15) is 26.7 Å². The first kappa shape index (κ1) is 19.1. The minimum absolute atomic E-state index is 0.0311. The number of nitrogens with zero attached hydrogens (tertiary/aromatic N) is 2. The van der Waals surface area contributed by atoms with Gasteiger partial charge >= 0.3 is 0 Å². The van der Waals surface area contributed by atoms with E-state index in [0.29, 0.717) is 16.3 Å². The molecule has 1 aromatic heterocycles. The summed E-state index contributed by atoms with van der Waals surface area (Å²) in [6.07, 6.45) is 2.67. The minimum atomic E-state index is -3.80. The second-order valence-electron chi connectivity index (χ2n) is 6.43. The Bertz CT molecular complexity index is 701. The molecule has 1 aromatic rings. The third-order valence-electron chi connectivity index (χ3n) is 3.99. The third-order valence-corrected chi connectivity index (χ3v) is 5.91. The number of amides is 1. The normalized spacial score (nSPS) is 21.7. The third kappa shape index (κ3) is 4.90. The fourth-order valence-electron chi connectivity index (χ4n) is 3.04. The minimum Gasteiger partial charge on any atom is -0.383 e. The summed E-state index contributed by atoms with van der Waals surface area (Å²) < 4.78 is 27.5. The van der Waals surface area contributed by atoms with Crippen LogP contribution in [-0.2, 0) is 14.8 Å². The number of likely N-dealkylation sites (tertiary alicyclic amines) is 1. The van der Waals surface area contributed by atoms with Gasteiger partial charge in [-0.05, 0) is 40.3 Å². The molecule has 1 aliphatic rings. The highest BCUT2D eigenvalue weighted by Crippen LogP contribution is 2.22. The van der Waals surface area contributed by atoms with Crippen molar-refractivity contribution in [3.63, 3.8) is 0 Å². The Labute approximate surface area is 151 Å². The predicted molar refractivity (Wildman–Crippen MR) is 95.7 cm³/mol. The topological polar surface area (TPSA) is 105 Å². The van der Waals surface area contributed by atoms with Gasteiger partial charge in [0.2, 0.25) is 15.9 Å². The predicted octanol–water partition coefficient (Wildman–Crippen LogP) is 1.60. The number of carbonyl (C=O) groups excluding carboxylic acids is 1. The average Bonchev–Trinajstić information content (AvgIpc) is 2.48. The van der Waals surface area contributed by atoms with Crippen LogP contribution in [0.3, 0.4) is 0 Å². The fourth-order valence-corrected chi connectivity index (χ4v) is 4.66. The second-order valence-corrected chi connectivity index (χ2v) is 9.08. The highest BCUT2D eigenvalue weighted by molar-refractivity contribution is 9.10. The molecule has 0 spiro atoms. The van der Waals surface area contributed by atoms with E-state index in [-0.39, 0.29) is 29.6 Å². The number of rotatable bonds is 5. The Hall–Kier alpha value is -1.19. The second kappa shape index (κ2) is 7.79. The molecule has 2 heterocycles. The molecule has 0 saturated carbocycles. The first-order chi connectivity index (χ1) is 11.2. The molecule has 1 fully saturated rings. The van der Waals surface area contributed by atoms with Gasteiger partial charge in [0.1, 0.15) is 10.7 Å². The number of pyridine rings is 1. The Morgan fingerprint density at radius 1 is 1.42 bits per heavy atom. The Morgan fingerprint density at radius 2 is 2.04 bits per heavy atom. The number of piperidine rings is 1. The first-order valence-electron chi connectivity index (χ1n) is 7.87. The van der Waals surface area contributed by atoms with Crippen molar-refractivity contribution in [2.45, 2.75) is 31.6 Å². The van der Waals surface area contributed by atoms with Crippen molar-refractivity contribution in [2.24, 2.45) is 11.8 Å². The standard InChI is InChI=1S/C15H23BrN4O3S/c1-10-5-11(2)9-20(8-10)14(21)3-4-19-24(22,23)13-6-12(16)7-18-15(13)17/h6-7,10-11,19H,3-5,8-9H2,1-2H3,(H2,17,18). The van der Waals surface area contributed by atoms with E-state index in [1.165, 1.54) is 12.3 Å². The number of hydrogen-bond donors (Lipinski definition) is 2. The van der Waals surface area contributed by atoms with Crippen LogP contribution < -0.4 is 10.5 Å². The zero-order valence-electron chi connectivity index (χ0n) is 13.8. The number of sulfonamides is 1. The lowest BCUT2D eigenvalue weighted by atomic mass is 9.92. The van der Waals surface area contributed by atoms with Crippen molar-refractivity contribution in [1.82, 2.24) is 14.6 Å². The van der Waals surface area contributed by atoms with Crippen LogP contribution >= 0.6 is 15.9 Å². The highest BCUT2D eigenvalue weighted by atomic mass is 79.9. The van der Waals surface area contributed by atoms with Gasteiger partial charge < -0.3 is 10.6 Å². The molecule has 3 N–H and O–H groups in total. The van der Waals surface area contributed by atoms with E-state index in [9.17, 15) is 13.2 Å². The van der Waals surface area contributed by atoms with Crippen molar-refractivity contribution in [3.8, 4) is 0 Å². The molecule has 1 aliphatic heterocycles. The molecule has 0 aliphatic carbocycles. The van der Waals surface area contributed by atoms with E-state index < -0.39 is 10.0 Å². The Balaban J connectivity index is 1.93. The highest BCUT2D eigenvalue weighted by Gasteiger charge is 2.25. The van der Waals surface area contributed by atoms with E-state index >= 15 is 0 Å². The lowest BCUT2D eigenvalue weighted by molar-refractivity contribution is -0.133. The molecule has 7 nitrogen and oxygen atoms in total. The number of nitrogen functional groups attached to an aromatic ring is 1. The molecule has 0 bridgehead atoms. The van der Waals surface area contributed by atoms with Gasteiger partial charge in [-0.25, -0.2) is 18.1 Å². The summed E-state index contributed by atoms with van der Waals surface area (Å²) in [5.74, 6) is 0.844. The van der Waals surface area contributed by atoms with Crippen molar-refractivity contribution in [1.29, 1.82) is 0 Å². The summed E-state index contributed by atoms with van der Waals surface area (Å²) in [5, 5.41) is 0. The van der Waals surface area contributed by atoms with Crippen LogP contribution in [0.2, 0.25) is 0 Å². The summed E-state index contributed by atoms with van der Waals surface area (Å²) in [6.45, 7) is 5.76. The van der Waals surface area contributed by atoms with Gasteiger partial charge in [0, 0.05) is 36.7 Å². The van der Waals surface area contributed by atoms with E-state index in [1.807, 2.05) is 4.90 Å². The summed E-state index contributed by atoms with van der Waals surface area (Å²) >= 11 is 3.17. The number of nitrogens with two attached hydrogens (primary N) is 1. The molecule has 2 atom stereocenters. The molecule has 0 aromatic carbocycles. The van der Waals surface area contributed by atoms with Gasteiger partial charge in [0.05, 0.1) is 0 Å². The van der Waals surface area contributed by atoms with Gasteiger partial charge in [-0.1, -0.05) is 13.8 Å². The zero-order valence-corrected chi connectivity index (χ0v) is 16.2. The van der Waals surface area contributed by atoms with E-state index in [4.69, 9.17) is 5.73 Å². The van der Waals surface area contributed by atoms with Crippen LogP contribution in [-0.4, -0.2) is 43.8 Å².